The maximum Gasteiger partial charge on any atom is 0.219 e. The number of halogens is 2. The number of pyridine rings is 1. The minimum atomic E-state index is -0.302. The highest BCUT2D eigenvalue weighted by molar-refractivity contribution is 14.0. The van der Waals surface area contributed by atoms with E-state index in [-0.39, 0.29) is 35.4 Å². The molecule has 1 atom stereocenters. The van der Waals surface area contributed by atoms with E-state index in [2.05, 4.69) is 27.5 Å². The van der Waals surface area contributed by atoms with E-state index < -0.39 is 0 Å². The first kappa shape index (κ1) is 22.4. The fraction of sp³-hybridized carbons (Fsp3) is 0.400. The number of aliphatic imine (C=N–C) groups is 1. The molecule has 1 saturated heterocycles. The summed E-state index contributed by atoms with van der Waals surface area (Å²) in [6.07, 6.45) is 3.82. The Bertz CT molecular complexity index is 780. The lowest BCUT2D eigenvalue weighted by Crippen LogP contribution is -2.45. The molecule has 0 bridgehead atoms. The van der Waals surface area contributed by atoms with Crippen LogP contribution in [-0.2, 0) is 11.3 Å². The number of rotatable bonds is 6. The lowest BCUT2D eigenvalue weighted by molar-refractivity contribution is 0.0243. The first-order valence-corrected chi connectivity index (χ1v) is 9.03. The molecule has 1 aliphatic heterocycles. The van der Waals surface area contributed by atoms with Gasteiger partial charge in [0.1, 0.15) is 11.6 Å². The second-order valence-electron chi connectivity index (χ2n) is 6.74. The molecular formula is C20H26FIN4O2. The van der Waals surface area contributed by atoms with Crippen LogP contribution in [0.5, 0.6) is 11.6 Å². The van der Waals surface area contributed by atoms with E-state index in [9.17, 15) is 4.39 Å². The van der Waals surface area contributed by atoms with Gasteiger partial charge in [-0.2, -0.15) is 0 Å². The van der Waals surface area contributed by atoms with Crippen LogP contribution in [0.2, 0.25) is 0 Å². The normalized spacial score (nSPS) is 19.0. The van der Waals surface area contributed by atoms with E-state index in [4.69, 9.17) is 9.47 Å². The van der Waals surface area contributed by atoms with Gasteiger partial charge >= 0.3 is 0 Å². The lowest BCUT2D eigenvalue weighted by Gasteiger charge is -2.24. The summed E-state index contributed by atoms with van der Waals surface area (Å²) in [5.74, 6) is 1.40. The van der Waals surface area contributed by atoms with Crippen molar-refractivity contribution >= 4 is 29.9 Å². The molecule has 2 N–H and O–H groups in total. The molecule has 0 spiro atoms. The Morgan fingerprint density at radius 3 is 2.75 bits per heavy atom. The molecular weight excluding hydrogens is 474 g/mol. The Balaban J connectivity index is 0.00000280. The van der Waals surface area contributed by atoms with Gasteiger partial charge in [0, 0.05) is 39.0 Å². The summed E-state index contributed by atoms with van der Waals surface area (Å²) < 4.78 is 24.4. The fourth-order valence-electron chi connectivity index (χ4n) is 2.89. The zero-order chi connectivity index (χ0) is 19.1. The second-order valence-corrected chi connectivity index (χ2v) is 6.74. The van der Waals surface area contributed by atoms with Crippen molar-refractivity contribution in [2.24, 2.45) is 4.99 Å². The van der Waals surface area contributed by atoms with Crippen molar-refractivity contribution in [3.8, 4) is 11.6 Å². The topological polar surface area (TPSA) is 67.8 Å². The third-order valence-electron chi connectivity index (χ3n) is 4.45. The molecule has 1 unspecified atom stereocenters. The van der Waals surface area contributed by atoms with Gasteiger partial charge in [-0.15, -0.1) is 24.0 Å². The molecule has 1 fully saturated rings. The summed E-state index contributed by atoms with van der Waals surface area (Å²) in [7, 11) is 1.74. The second kappa shape index (κ2) is 10.6. The SMILES string of the molecule is CN=C(NCc1ccnc(Oc2ccc(F)cc2)c1)NCC1(C)CCCO1.I. The van der Waals surface area contributed by atoms with Crippen LogP contribution in [0.1, 0.15) is 25.3 Å². The Labute approximate surface area is 182 Å². The maximum atomic E-state index is 13.0. The summed E-state index contributed by atoms with van der Waals surface area (Å²) in [4.78, 5) is 8.45. The van der Waals surface area contributed by atoms with Crippen molar-refractivity contribution in [3.05, 3.63) is 54.0 Å². The molecule has 28 heavy (non-hydrogen) atoms. The van der Waals surface area contributed by atoms with E-state index in [0.717, 1.165) is 25.0 Å². The lowest BCUT2D eigenvalue weighted by atomic mass is 10.0. The third kappa shape index (κ3) is 6.59. The van der Waals surface area contributed by atoms with Gasteiger partial charge in [0.25, 0.3) is 0 Å². The molecule has 1 aromatic heterocycles. The van der Waals surface area contributed by atoms with E-state index in [1.54, 1.807) is 25.4 Å². The molecule has 1 aromatic carbocycles. The van der Waals surface area contributed by atoms with Gasteiger partial charge in [-0.05, 0) is 55.7 Å². The Hall–Kier alpha value is -1.94. The zero-order valence-corrected chi connectivity index (χ0v) is 18.4. The highest BCUT2D eigenvalue weighted by atomic mass is 127. The number of hydrogen-bond acceptors (Lipinski definition) is 4. The summed E-state index contributed by atoms with van der Waals surface area (Å²) in [6, 6.07) is 9.58. The van der Waals surface area contributed by atoms with Crippen molar-refractivity contribution in [1.82, 2.24) is 15.6 Å². The molecule has 0 radical (unpaired) electrons. The minimum Gasteiger partial charge on any atom is -0.439 e. The van der Waals surface area contributed by atoms with Gasteiger partial charge in [0.15, 0.2) is 5.96 Å². The van der Waals surface area contributed by atoms with Crippen molar-refractivity contribution in [3.63, 3.8) is 0 Å². The zero-order valence-electron chi connectivity index (χ0n) is 16.1. The van der Waals surface area contributed by atoms with E-state index >= 15 is 0 Å². The van der Waals surface area contributed by atoms with E-state index in [1.807, 2.05) is 12.1 Å². The number of ether oxygens (including phenoxy) is 2. The highest BCUT2D eigenvalue weighted by Crippen LogP contribution is 2.24. The average molecular weight is 500 g/mol. The van der Waals surface area contributed by atoms with Crippen LogP contribution < -0.4 is 15.4 Å². The number of nitrogens with zero attached hydrogens (tertiary/aromatic N) is 2. The monoisotopic (exact) mass is 500 g/mol. The Morgan fingerprint density at radius 1 is 1.29 bits per heavy atom. The fourth-order valence-corrected chi connectivity index (χ4v) is 2.89. The van der Waals surface area contributed by atoms with Crippen LogP contribution in [0.3, 0.4) is 0 Å². The number of hydrogen-bond donors (Lipinski definition) is 2. The summed E-state index contributed by atoms with van der Waals surface area (Å²) >= 11 is 0. The van der Waals surface area contributed by atoms with Crippen LogP contribution >= 0.6 is 24.0 Å². The van der Waals surface area contributed by atoms with Crippen molar-refractivity contribution in [1.29, 1.82) is 0 Å². The molecule has 8 heteroatoms. The summed E-state index contributed by atoms with van der Waals surface area (Å²) in [5, 5.41) is 6.59. The standard InChI is InChI=1S/C20H25FN4O2.HI/c1-20(9-3-11-26-20)14-25-19(22-2)24-13-15-8-10-23-18(12-15)27-17-6-4-16(21)5-7-17;/h4-8,10,12H,3,9,11,13-14H2,1-2H3,(H2,22,24,25);1H. The van der Waals surface area contributed by atoms with Gasteiger partial charge in [0.05, 0.1) is 5.60 Å². The van der Waals surface area contributed by atoms with E-state index in [0.29, 0.717) is 30.7 Å². The Morgan fingerprint density at radius 2 is 2.07 bits per heavy atom. The molecule has 152 valence electrons. The van der Waals surface area contributed by atoms with Crippen LogP contribution in [-0.4, -0.2) is 36.7 Å². The molecule has 2 heterocycles. The molecule has 3 rings (SSSR count). The smallest absolute Gasteiger partial charge is 0.219 e. The maximum absolute atomic E-state index is 13.0. The van der Waals surface area contributed by atoms with Crippen molar-refractivity contribution in [2.75, 3.05) is 20.2 Å². The molecule has 1 aliphatic rings. The molecule has 0 saturated carbocycles. The first-order valence-electron chi connectivity index (χ1n) is 9.03. The number of guanidine groups is 1. The Kier molecular flexibility index (Phi) is 8.43. The first-order chi connectivity index (χ1) is 13.1. The third-order valence-corrected chi connectivity index (χ3v) is 4.45. The van der Waals surface area contributed by atoms with E-state index in [1.165, 1.54) is 12.1 Å². The molecule has 6 nitrogen and oxygen atoms in total. The van der Waals surface area contributed by atoms with Crippen LogP contribution in [0, 0.1) is 5.82 Å². The van der Waals surface area contributed by atoms with Crippen LogP contribution in [0.15, 0.2) is 47.6 Å². The van der Waals surface area contributed by atoms with Crippen molar-refractivity contribution < 1.29 is 13.9 Å². The largest absolute Gasteiger partial charge is 0.439 e. The molecule has 0 amide bonds. The van der Waals surface area contributed by atoms with Crippen LogP contribution in [0.25, 0.3) is 0 Å². The highest BCUT2D eigenvalue weighted by Gasteiger charge is 2.29. The number of benzene rings is 1. The van der Waals surface area contributed by atoms with Gasteiger partial charge in [-0.3, -0.25) is 4.99 Å². The number of nitrogens with one attached hydrogen (secondary N) is 2. The van der Waals surface area contributed by atoms with Crippen LogP contribution in [0.4, 0.5) is 4.39 Å². The summed E-state index contributed by atoms with van der Waals surface area (Å²) in [5.41, 5.74) is 0.859. The minimum absolute atomic E-state index is 0. The van der Waals surface area contributed by atoms with Gasteiger partial charge < -0.3 is 20.1 Å². The number of aromatic nitrogens is 1. The quantitative estimate of drug-likeness (QED) is 0.358. The predicted molar refractivity (Wildman–Crippen MR) is 118 cm³/mol. The van der Waals surface area contributed by atoms with Crippen molar-refractivity contribution in [2.45, 2.75) is 31.9 Å². The predicted octanol–water partition coefficient (Wildman–Crippen LogP) is 3.87. The molecule has 2 aromatic rings. The van der Waals surface area contributed by atoms with Gasteiger partial charge in [0.2, 0.25) is 5.88 Å². The van der Waals surface area contributed by atoms with Gasteiger partial charge in [-0.1, -0.05) is 0 Å². The summed E-state index contributed by atoms with van der Waals surface area (Å²) in [6.45, 7) is 4.21. The molecule has 0 aliphatic carbocycles. The average Bonchev–Trinajstić information content (AvgIpc) is 3.11. The van der Waals surface area contributed by atoms with Gasteiger partial charge in [-0.25, -0.2) is 9.37 Å².